The van der Waals surface area contributed by atoms with Crippen LogP contribution in [-0.2, 0) is 23.7 Å². The van der Waals surface area contributed by atoms with Gasteiger partial charge in [0.15, 0.2) is 5.76 Å². The first-order valence-corrected chi connectivity index (χ1v) is 16.0. The van der Waals surface area contributed by atoms with Gasteiger partial charge in [-0.25, -0.2) is 0 Å². The lowest BCUT2D eigenvalue weighted by Gasteiger charge is -2.26. The molecule has 0 spiro atoms. The number of amides is 1. The third-order valence-electron chi connectivity index (χ3n) is 8.18. The molecule has 10 heteroatoms. The summed E-state index contributed by atoms with van der Waals surface area (Å²) in [4.78, 5) is 22.2. The second-order valence-corrected chi connectivity index (χ2v) is 11.2. The lowest BCUT2D eigenvalue weighted by molar-refractivity contribution is -0.122. The highest BCUT2D eigenvalue weighted by molar-refractivity contribution is 6.11. The van der Waals surface area contributed by atoms with Gasteiger partial charge in [-0.2, -0.15) is 4.99 Å². The van der Waals surface area contributed by atoms with Crippen LogP contribution in [0, 0.1) is 0 Å². The third-order valence-corrected chi connectivity index (χ3v) is 8.18. The van der Waals surface area contributed by atoms with Gasteiger partial charge in [0.1, 0.15) is 28.7 Å². The van der Waals surface area contributed by atoms with Gasteiger partial charge < -0.3 is 33.3 Å². The number of benzene rings is 3. The Kier molecular flexibility index (Phi) is 11.4. The molecule has 10 nitrogen and oxygen atoms in total. The number of ether oxygens (including phenoxy) is 6. The Morgan fingerprint density at radius 2 is 1.40 bits per heavy atom. The van der Waals surface area contributed by atoms with E-state index in [1.165, 1.54) is 0 Å². The van der Waals surface area contributed by atoms with Gasteiger partial charge in [-0.3, -0.25) is 9.69 Å². The van der Waals surface area contributed by atoms with E-state index in [2.05, 4.69) is 11.8 Å². The number of hydrogen-bond donors (Lipinski definition) is 0. The molecule has 1 saturated heterocycles. The van der Waals surface area contributed by atoms with Crippen molar-refractivity contribution in [1.29, 1.82) is 0 Å². The van der Waals surface area contributed by atoms with Crippen LogP contribution in [0.1, 0.15) is 38.2 Å². The summed E-state index contributed by atoms with van der Waals surface area (Å²) in [5.74, 6) is 2.57. The maximum atomic E-state index is 13.7. The Labute approximate surface area is 282 Å². The van der Waals surface area contributed by atoms with Crippen LogP contribution in [0.4, 0.5) is 17.1 Å². The summed E-state index contributed by atoms with van der Waals surface area (Å²) in [6.45, 7) is 2.60. The number of aliphatic imine (C=N–C) groups is 1. The number of amidine groups is 1. The molecule has 3 aromatic rings. The van der Waals surface area contributed by atoms with Crippen molar-refractivity contribution < 1.29 is 33.2 Å². The van der Waals surface area contributed by atoms with Gasteiger partial charge >= 0.3 is 6.02 Å². The molecule has 1 fully saturated rings. The van der Waals surface area contributed by atoms with Crippen molar-refractivity contribution in [1.82, 2.24) is 4.90 Å². The molecule has 1 unspecified atom stereocenters. The van der Waals surface area contributed by atoms with Crippen molar-refractivity contribution >= 4 is 35.1 Å². The van der Waals surface area contributed by atoms with E-state index in [4.69, 9.17) is 33.4 Å². The zero-order chi connectivity index (χ0) is 34.0. The van der Waals surface area contributed by atoms with Gasteiger partial charge in [0, 0.05) is 37.1 Å². The Bertz CT molecular complexity index is 1630. The minimum atomic E-state index is -0.250. The molecule has 3 aromatic carbocycles. The number of unbranched alkanes of at least 4 members (excludes halogenated alkanes) is 2. The monoisotopic (exact) mass is 653 g/mol. The highest BCUT2D eigenvalue weighted by Crippen LogP contribution is 2.37. The van der Waals surface area contributed by atoms with Gasteiger partial charge in [0.05, 0.1) is 34.5 Å². The summed E-state index contributed by atoms with van der Waals surface area (Å²) >= 11 is 0. The molecule has 1 aliphatic heterocycles. The molecular weight excluding hydrogens is 610 g/mol. The predicted molar refractivity (Wildman–Crippen MR) is 187 cm³/mol. The zero-order valence-corrected chi connectivity index (χ0v) is 28.4. The Morgan fingerprint density at radius 1 is 0.812 bits per heavy atom. The fourth-order valence-electron chi connectivity index (χ4n) is 5.52. The number of carbonyl (C=O) groups excluding carboxylic acids is 1. The van der Waals surface area contributed by atoms with Crippen LogP contribution in [0.15, 0.2) is 107 Å². The van der Waals surface area contributed by atoms with Crippen LogP contribution < -0.4 is 14.4 Å². The van der Waals surface area contributed by atoms with Crippen molar-refractivity contribution in [3.05, 3.63) is 107 Å². The molecule has 1 atom stereocenters. The van der Waals surface area contributed by atoms with E-state index in [0.29, 0.717) is 30.2 Å². The topological polar surface area (TPSA) is 91.3 Å². The molecule has 2 aliphatic rings. The summed E-state index contributed by atoms with van der Waals surface area (Å²) in [5.41, 5.74) is 4.12. The second-order valence-electron chi connectivity index (χ2n) is 11.2. The second kappa shape index (κ2) is 16.1. The Morgan fingerprint density at radius 3 is 1.90 bits per heavy atom. The predicted octanol–water partition coefficient (Wildman–Crippen LogP) is 7.73. The molecule has 0 bridgehead atoms. The zero-order valence-electron chi connectivity index (χ0n) is 28.4. The van der Waals surface area contributed by atoms with Gasteiger partial charge in [-0.1, -0.05) is 31.9 Å². The van der Waals surface area contributed by atoms with Gasteiger partial charge in [0.25, 0.3) is 5.91 Å². The van der Waals surface area contributed by atoms with E-state index in [-0.39, 0.29) is 23.8 Å². The summed E-state index contributed by atoms with van der Waals surface area (Å²) < 4.78 is 33.7. The lowest BCUT2D eigenvalue weighted by Crippen LogP contribution is -2.31. The molecule has 48 heavy (non-hydrogen) atoms. The SMILES string of the molecule is CCCCCN1C(=O)/C(=C\c2ccc(N(c3ccc(OC)cc3)c3ccc(OC)cc3)cc2)OC1=NC1=C(OC)CC(OC)C=C1OC. The van der Waals surface area contributed by atoms with Gasteiger partial charge in [0.2, 0.25) is 0 Å². The van der Waals surface area contributed by atoms with E-state index >= 15 is 0 Å². The molecule has 5 rings (SSSR count). The number of rotatable bonds is 14. The first-order chi connectivity index (χ1) is 23.4. The number of carbonyl (C=O) groups is 1. The van der Waals surface area contributed by atoms with Crippen molar-refractivity contribution in [3.63, 3.8) is 0 Å². The maximum Gasteiger partial charge on any atom is 0.305 e. The van der Waals surface area contributed by atoms with Crippen LogP contribution in [0.3, 0.4) is 0 Å². The summed E-state index contributed by atoms with van der Waals surface area (Å²) in [7, 11) is 8.08. The van der Waals surface area contributed by atoms with E-state index in [0.717, 1.165) is 53.4 Å². The fourth-order valence-corrected chi connectivity index (χ4v) is 5.52. The summed E-state index contributed by atoms with van der Waals surface area (Å²) in [5, 5.41) is 0. The standard InChI is InChI=1S/C38H43N3O7/c1-7-8-9-22-40-37(42)35(48-38(40)39-36-33(46-5)24-32(45-4)25-34(36)47-6)23-26-10-12-27(13-11-26)41(28-14-18-30(43-2)19-15-28)29-16-20-31(44-3)21-17-29/h10-21,23-24,32H,7-9,22,25H2,1-6H3/b35-23+,39-38?. The largest absolute Gasteiger partial charge is 0.499 e. The fraction of sp³-hybridized carbons (Fsp3) is 0.316. The molecule has 1 heterocycles. The number of anilines is 3. The molecule has 1 amide bonds. The molecule has 252 valence electrons. The van der Waals surface area contributed by atoms with E-state index in [1.807, 2.05) is 78.9 Å². The molecule has 0 aromatic heterocycles. The number of methoxy groups -OCH3 is 5. The first-order valence-electron chi connectivity index (χ1n) is 16.0. The summed E-state index contributed by atoms with van der Waals surface area (Å²) in [6.07, 6.45) is 6.66. The number of hydrogen-bond acceptors (Lipinski definition) is 9. The highest BCUT2D eigenvalue weighted by Gasteiger charge is 2.36. The van der Waals surface area contributed by atoms with Crippen molar-refractivity contribution in [2.75, 3.05) is 47.0 Å². The normalized spacial score (nSPS) is 17.8. The third kappa shape index (κ3) is 7.66. The summed E-state index contributed by atoms with van der Waals surface area (Å²) in [6, 6.07) is 23.9. The molecule has 1 aliphatic carbocycles. The highest BCUT2D eigenvalue weighted by atomic mass is 16.5. The average molecular weight is 654 g/mol. The minimum Gasteiger partial charge on any atom is -0.499 e. The number of nitrogens with zero attached hydrogens (tertiary/aromatic N) is 3. The quantitative estimate of drug-likeness (QED) is 0.129. The van der Waals surface area contributed by atoms with Crippen molar-refractivity contribution in [2.45, 2.75) is 38.7 Å². The van der Waals surface area contributed by atoms with E-state index < -0.39 is 0 Å². The average Bonchev–Trinajstić information content (AvgIpc) is 3.42. The van der Waals surface area contributed by atoms with E-state index in [1.54, 1.807) is 46.5 Å². The minimum absolute atomic E-state index is 0.188. The van der Waals surface area contributed by atoms with Gasteiger partial charge in [-0.15, -0.1) is 0 Å². The lowest BCUT2D eigenvalue weighted by atomic mass is 10.1. The maximum absolute atomic E-state index is 13.7. The van der Waals surface area contributed by atoms with Crippen LogP contribution >= 0.6 is 0 Å². The van der Waals surface area contributed by atoms with Crippen molar-refractivity contribution in [2.24, 2.45) is 4.99 Å². The smallest absolute Gasteiger partial charge is 0.305 e. The van der Waals surface area contributed by atoms with Crippen molar-refractivity contribution in [3.8, 4) is 11.5 Å². The van der Waals surface area contributed by atoms with Gasteiger partial charge in [-0.05, 0) is 84.8 Å². The Balaban J connectivity index is 1.47. The molecule has 0 saturated carbocycles. The first kappa shape index (κ1) is 34.1. The van der Waals surface area contributed by atoms with E-state index in [9.17, 15) is 4.79 Å². The van der Waals surface area contributed by atoms with Crippen LogP contribution in [0.25, 0.3) is 6.08 Å². The van der Waals surface area contributed by atoms with Crippen LogP contribution in [0.5, 0.6) is 11.5 Å². The van der Waals surface area contributed by atoms with Crippen LogP contribution in [0.2, 0.25) is 0 Å². The molecule has 0 N–H and O–H groups in total. The molecular formula is C38H43N3O7. The molecule has 0 radical (unpaired) electrons. The van der Waals surface area contributed by atoms with Crippen LogP contribution in [-0.4, -0.2) is 65.0 Å². The Hall–Kier alpha value is -5.22.